The van der Waals surface area contributed by atoms with Gasteiger partial charge in [-0.2, -0.15) is 4.31 Å². The minimum atomic E-state index is -3.26. The summed E-state index contributed by atoms with van der Waals surface area (Å²) < 4.78 is 33.5. The summed E-state index contributed by atoms with van der Waals surface area (Å²) in [6.07, 6.45) is 3.29. The first-order valence-electron chi connectivity index (χ1n) is 11.4. The van der Waals surface area contributed by atoms with Gasteiger partial charge >= 0.3 is 0 Å². The van der Waals surface area contributed by atoms with E-state index in [4.69, 9.17) is 21.3 Å². The van der Waals surface area contributed by atoms with Crippen LogP contribution in [0, 0.1) is 13.8 Å². The largest absolute Gasteiger partial charge is 0.487 e. The fourth-order valence-corrected chi connectivity index (χ4v) is 6.73. The van der Waals surface area contributed by atoms with Gasteiger partial charge in [0.2, 0.25) is 10.0 Å². The maximum atomic E-state index is 12.5. The average molecular weight is 529 g/mol. The van der Waals surface area contributed by atoms with Crippen molar-refractivity contribution < 1.29 is 13.2 Å². The number of thiazole rings is 1. The Morgan fingerprint density at radius 3 is 2.80 bits per heavy atom. The second-order valence-electron chi connectivity index (χ2n) is 8.64. The van der Waals surface area contributed by atoms with Gasteiger partial charge in [0.25, 0.3) is 0 Å². The lowest BCUT2D eigenvalue weighted by atomic mass is 10.0. The van der Waals surface area contributed by atoms with E-state index in [0.717, 1.165) is 51.1 Å². The van der Waals surface area contributed by atoms with Gasteiger partial charge in [0.15, 0.2) is 0 Å². The molecule has 3 aromatic heterocycles. The zero-order valence-corrected chi connectivity index (χ0v) is 21.9. The second kappa shape index (κ2) is 9.81. The smallest absolute Gasteiger partial charge is 0.214 e. The molecule has 1 aliphatic rings. The number of aromatic nitrogens is 3. The van der Waals surface area contributed by atoms with Crippen molar-refractivity contribution in [2.24, 2.45) is 0 Å². The van der Waals surface area contributed by atoms with Crippen molar-refractivity contribution in [3.63, 3.8) is 0 Å². The number of nitrogens with zero attached hydrogens (tertiary/aromatic N) is 4. The number of aryl methyl sites for hydroxylation is 2. The lowest BCUT2D eigenvalue weighted by molar-refractivity contribution is 0.303. The lowest BCUT2D eigenvalue weighted by Crippen LogP contribution is -2.37. The summed E-state index contributed by atoms with van der Waals surface area (Å²) in [5, 5.41) is 0.906. The predicted molar refractivity (Wildman–Crippen MR) is 139 cm³/mol. The lowest BCUT2D eigenvalue weighted by Gasteiger charge is -2.26. The monoisotopic (exact) mass is 528 g/mol. The Balaban J connectivity index is 1.48. The fourth-order valence-electron chi connectivity index (χ4n) is 4.38. The molecule has 7 nitrogen and oxygen atoms in total. The summed E-state index contributed by atoms with van der Waals surface area (Å²) in [6.45, 7) is 4.95. The van der Waals surface area contributed by atoms with Gasteiger partial charge in [-0.15, -0.1) is 11.3 Å². The normalized spacial score (nSPS) is 16.0. The van der Waals surface area contributed by atoms with Gasteiger partial charge in [-0.3, -0.25) is 4.98 Å². The molecule has 1 saturated heterocycles. The summed E-state index contributed by atoms with van der Waals surface area (Å²) >= 11 is 7.79. The van der Waals surface area contributed by atoms with Crippen molar-refractivity contribution in [3.05, 3.63) is 68.9 Å². The number of benzene rings is 1. The molecule has 0 N–H and O–H groups in total. The van der Waals surface area contributed by atoms with Gasteiger partial charge in [-0.25, -0.2) is 18.4 Å². The highest BCUT2D eigenvalue weighted by atomic mass is 35.5. The minimum absolute atomic E-state index is 0.191. The molecule has 4 heterocycles. The van der Waals surface area contributed by atoms with E-state index < -0.39 is 10.0 Å². The van der Waals surface area contributed by atoms with Crippen molar-refractivity contribution >= 4 is 43.9 Å². The standard InChI is InChI=1S/C25H25ClN4O3S2/c1-16-8-9-27-21(13-30-10-3-4-11-35(30,31)32)20(16)14-33-22-7-5-6-18-19(12-17(2)29-23(18)22)24-25(26)34-15-28-24/h5-9,12,15H,3-4,10-11,13-14H2,1-2H3. The van der Waals surface area contributed by atoms with Crippen molar-refractivity contribution in [1.29, 1.82) is 0 Å². The molecule has 0 aliphatic carbocycles. The van der Waals surface area contributed by atoms with E-state index >= 15 is 0 Å². The highest BCUT2D eigenvalue weighted by Gasteiger charge is 2.27. The first-order valence-corrected chi connectivity index (χ1v) is 14.2. The number of sulfonamides is 1. The second-order valence-corrected chi connectivity index (χ2v) is 12.2. The van der Waals surface area contributed by atoms with Crippen LogP contribution < -0.4 is 4.74 Å². The SMILES string of the molecule is Cc1cc(-c2ncsc2Cl)c2cccc(OCc3c(C)ccnc3CN3CCCCS3(=O)=O)c2n1. The highest BCUT2D eigenvalue weighted by Crippen LogP contribution is 2.37. The van der Waals surface area contributed by atoms with Crippen LogP contribution in [0.15, 0.2) is 42.0 Å². The molecule has 4 aromatic rings. The minimum Gasteiger partial charge on any atom is -0.487 e. The molecule has 1 aromatic carbocycles. The molecular weight excluding hydrogens is 504 g/mol. The molecule has 0 spiro atoms. The number of rotatable bonds is 6. The van der Waals surface area contributed by atoms with Gasteiger partial charge in [-0.05, 0) is 50.5 Å². The van der Waals surface area contributed by atoms with Crippen LogP contribution in [0.3, 0.4) is 0 Å². The van der Waals surface area contributed by atoms with Crippen LogP contribution in [-0.2, 0) is 23.2 Å². The zero-order chi connectivity index (χ0) is 24.6. The third-order valence-electron chi connectivity index (χ3n) is 6.24. The van der Waals surface area contributed by atoms with Crippen LogP contribution in [0.2, 0.25) is 4.34 Å². The van der Waals surface area contributed by atoms with Crippen LogP contribution in [0.5, 0.6) is 5.75 Å². The van der Waals surface area contributed by atoms with Gasteiger partial charge in [0, 0.05) is 34.9 Å². The third kappa shape index (κ3) is 4.91. The maximum absolute atomic E-state index is 12.5. The van der Waals surface area contributed by atoms with E-state index in [1.165, 1.54) is 15.6 Å². The average Bonchev–Trinajstić information content (AvgIpc) is 3.25. The molecule has 35 heavy (non-hydrogen) atoms. The Kier molecular flexibility index (Phi) is 6.76. The van der Waals surface area contributed by atoms with Crippen molar-refractivity contribution in [1.82, 2.24) is 19.3 Å². The van der Waals surface area contributed by atoms with E-state index in [1.807, 2.05) is 44.2 Å². The molecule has 0 unspecified atom stereocenters. The number of para-hydroxylation sites is 1. The molecule has 10 heteroatoms. The quantitative estimate of drug-likeness (QED) is 0.327. The Bertz CT molecular complexity index is 1500. The van der Waals surface area contributed by atoms with E-state index in [9.17, 15) is 8.42 Å². The van der Waals surface area contributed by atoms with Gasteiger partial charge < -0.3 is 4.74 Å². The van der Waals surface area contributed by atoms with Crippen LogP contribution >= 0.6 is 22.9 Å². The van der Waals surface area contributed by atoms with Crippen LogP contribution in [-0.4, -0.2) is 40.0 Å². The molecule has 0 atom stereocenters. The maximum Gasteiger partial charge on any atom is 0.214 e. The number of pyridine rings is 2. The molecule has 0 bridgehead atoms. The van der Waals surface area contributed by atoms with E-state index in [0.29, 0.717) is 23.1 Å². The Morgan fingerprint density at radius 1 is 1.17 bits per heavy atom. The number of halogens is 1. The number of hydrogen-bond acceptors (Lipinski definition) is 7. The highest BCUT2D eigenvalue weighted by molar-refractivity contribution is 7.89. The van der Waals surface area contributed by atoms with Crippen LogP contribution in [0.25, 0.3) is 22.2 Å². The first-order chi connectivity index (χ1) is 16.8. The Labute approximate surface area is 213 Å². The van der Waals surface area contributed by atoms with Crippen molar-refractivity contribution in [3.8, 4) is 17.0 Å². The summed E-state index contributed by atoms with van der Waals surface area (Å²) in [7, 11) is -3.26. The molecule has 5 rings (SSSR count). The van der Waals surface area contributed by atoms with Gasteiger partial charge in [0.1, 0.15) is 27.9 Å². The summed E-state index contributed by atoms with van der Waals surface area (Å²) in [5.41, 5.74) is 7.55. The van der Waals surface area contributed by atoms with Crippen LogP contribution in [0.4, 0.5) is 0 Å². The molecular formula is C25H25ClN4O3S2. The summed E-state index contributed by atoms with van der Waals surface area (Å²) in [4.78, 5) is 13.7. The summed E-state index contributed by atoms with van der Waals surface area (Å²) in [6, 6.07) is 9.70. The molecule has 1 aliphatic heterocycles. The number of ether oxygens (including phenoxy) is 1. The Hall–Kier alpha value is -2.59. The number of hydrogen-bond donors (Lipinski definition) is 0. The van der Waals surface area contributed by atoms with Crippen molar-refractivity contribution in [2.45, 2.75) is 39.8 Å². The topological polar surface area (TPSA) is 85.3 Å². The zero-order valence-electron chi connectivity index (χ0n) is 19.5. The van der Waals surface area contributed by atoms with Gasteiger partial charge in [0.05, 0.1) is 23.5 Å². The number of fused-ring (bicyclic) bond motifs is 1. The fraction of sp³-hybridized carbons (Fsp3) is 0.320. The van der Waals surface area contributed by atoms with E-state index in [2.05, 4.69) is 9.97 Å². The van der Waals surface area contributed by atoms with E-state index in [1.54, 1.807) is 11.7 Å². The molecule has 0 saturated carbocycles. The van der Waals surface area contributed by atoms with Gasteiger partial charge in [-0.1, -0.05) is 23.7 Å². The molecule has 182 valence electrons. The molecule has 0 amide bonds. The molecule has 1 fully saturated rings. The first kappa shape index (κ1) is 24.1. The third-order valence-corrected chi connectivity index (χ3v) is 9.20. The van der Waals surface area contributed by atoms with E-state index in [-0.39, 0.29) is 18.9 Å². The molecule has 0 radical (unpaired) electrons. The predicted octanol–water partition coefficient (Wildman–Crippen LogP) is 5.53. The van der Waals surface area contributed by atoms with Crippen molar-refractivity contribution in [2.75, 3.05) is 12.3 Å². The van der Waals surface area contributed by atoms with Crippen LogP contribution in [0.1, 0.15) is 35.4 Å². The summed E-state index contributed by atoms with van der Waals surface area (Å²) in [5.74, 6) is 0.829. The Morgan fingerprint density at radius 2 is 2.03 bits per heavy atom.